The number of anilines is 1. The Balaban J connectivity index is 1.94. The molecule has 0 saturated heterocycles. The van der Waals surface area contributed by atoms with E-state index >= 15 is 0 Å². The van der Waals surface area contributed by atoms with E-state index in [4.69, 9.17) is 10.00 Å². The summed E-state index contributed by atoms with van der Waals surface area (Å²) >= 11 is 0. The van der Waals surface area contributed by atoms with E-state index in [1.807, 2.05) is 6.07 Å². The molecule has 0 bridgehead atoms. The predicted molar refractivity (Wildman–Crippen MR) is 73.4 cm³/mol. The SMILES string of the molecule is N#Cc1ccccc1OCC(=O)Nc1cccc(O)c1. The molecule has 2 rings (SSSR count). The number of phenols is 1. The van der Waals surface area contributed by atoms with Crippen LogP contribution in [0.5, 0.6) is 11.5 Å². The summed E-state index contributed by atoms with van der Waals surface area (Å²) in [6.45, 7) is -0.214. The molecule has 0 saturated carbocycles. The highest BCUT2D eigenvalue weighted by atomic mass is 16.5. The largest absolute Gasteiger partial charge is 0.508 e. The number of nitrogens with one attached hydrogen (secondary N) is 1. The summed E-state index contributed by atoms with van der Waals surface area (Å²) in [5.41, 5.74) is 0.852. The van der Waals surface area contributed by atoms with Crippen molar-refractivity contribution in [2.45, 2.75) is 0 Å². The van der Waals surface area contributed by atoms with E-state index in [1.165, 1.54) is 12.1 Å². The Labute approximate surface area is 116 Å². The fraction of sp³-hybridized carbons (Fsp3) is 0.0667. The van der Waals surface area contributed by atoms with E-state index in [-0.39, 0.29) is 18.3 Å². The number of hydrogen-bond donors (Lipinski definition) is 2. The number of aromatic hydroxyl groups is 1. The maximum absolute atomic E-state index is 11.7. The van der Waals surface area contributed by atoms with Crippen molar-refractivity contribution in [2.24, 2.45) is 0 Å². The van der Waals surface area contributed by atoms with Gasteiger partial charge in [0, 0.05) is 11.8 Å². The normalized spacial score (nSPS) is 9.55. The van der Waals surface area contributed by atoms with Crippen molar-refractivity contribution in [2.75, 3.05) is 11.9 Å². The first-order valence-electron chi connectivity index (χ1n) is 5.90. The third-order valence-corrected chi connectivity index (χ3v) is 2.50. The third-order valence-electron chi connectivity index (χ3n) is 2.50. The van der Waals surface area contributed by atoms with Gasteiger partial charge in [-0.05, 0) is 24.3 Å². The molecule has 0 aliphatic rings. The van der Waals surface area contributed by atoms with Crippen molar-refractivity contribution < 1.29 is 14.6 Å². The van der Waals surface area contributed by atoms with E-state index < -0.39 is 0 Å². The standard InChI is InChI=1S/C15H12N2O3/c16-9-11-4-1-2-7-14(11)20-10-15(19)17-12-5-3-6-13(18)8-12/h1-8,18H,10H2,(H,17,19). The third kappa shape index (κ3) is 3.50. The Morgan fingerprint density at radius 2 is 2.05 bits per heavy atom. The molecule has 20 heavy (non-hydrogen) atoms. The molecule has 2 N–H and O–H groups in total. The summed E-state index contributed by atoms with van der Waals surface area (Å²) in [5.74, 6) is 0.0583. The van der Waals surface area contributed by atoms with Crippen molar-refractivity contribution in [3.05, 3.63) is 54.1 Å². The minimum absolute atomic E-state index is 0.0681. The van der Waals surface area contributed by atoms with Gasteiger partial charge in [-0.25, -0.2) is 0 Å². The molecule has 2 aromatic rings. The van der Waals surface area contributed by atoms with E-state index in [1.54, 1.807) is 36.4 Å². The minimum atomic E-state index is -0.372. The lowest BCUT2D eigenvalue weighted by molar-refractivity contribution is -0.118. The topological polar surface area (TPSA) is 82.3 Å². The van der Waals surface area contributed by atoms with Crippen molar-refractivity contribution in [1.29, 1.82) is 5.26 Å². The molecule has 0 aliphatic carbocycles. The first-order valence-corrected chi connectivity index (χ1v) is 5.90. The van der Waals surface area contributed by atoms with Crippen molar-refractivity contribution in [3.63, 3.8) is 0 Å². The number of carbonyl (C=O) groups is 1. The van der Waals surface area contributed by atoms with Gasteiger partial charge < -0.3 is 15.2 Å². The quantitative estimate of drug-likeness (QED) is 0.891. The fourth-order valence-corrected chi connectivity index (χ4v) is 1.61. The van der Waals surface area contributed by atoms with Gasteiger partial charge in [0.2, 0.25) is 0 Å². The number of hydrogen-bond acceptors (Lipinski definition) is 4. The molecule has 0 radical (unpaired) electrons. The summed E-state index contributed by atoms with van der Waals surface area (Å²) in [6, 6.07) is 14.9. The summed E-state index contributed by atoms with van der Waals surface area (Å²) < 4.78 is 5.30. The predicted octanol–water partition coefficient (Wildman–Crippen LogP) is 2.28. The molecule has 1 amide bonds. The van der Waals surface area contributed by atoms with Crippen LogP contribution >= 0.6 is 0 Å². The second-order valence-electron chi connectivity index (χ2n) is 4.00. The fourth-order valence-electron chi connectivity index (χ4n) is 1.61. The molecule has 0 aliphatic heterocycles. The monoisotopic (exact) mass is 268 g/mol. The maximum atomic E-state index is 11.7. The van der Waals surface area contributed by atoms with Crippen LogP contribution in [0.2, 0.25) is 0 Å². The number of carbonyl (C=O) groups excluding carboxylic acids is 1. The van der Waals surface area contributed by atoms with Gasteiger partial charge in [0.25, 0.3) is 5.91 Å². The smallest absolute Gasteiger partial charge is 0.262 e. The van der Waals surface area contributed by atoms with E-state index in [0.29, 0.717) is 17.0 Å². The number of nitrogens with zero attached hydrogens (tertiary/aromatic N) is 1. The molecule has 0 spiro atoms. The molecule has 2 aromatic carbocycles. The Morgan fingerprint density at radius 3 is 2.80 bits per heavy atom. The molecule has 5 nitrogen and oxygen atoms in total. The first kappa shape index (κ1) is 13.4. The van der Waals surface area contributed by atoms with Gasteiger partial charge >= 0.3 is 0 Å². The molecular formula is C15H12N2O3. The lowest BCUT2D eigenvalue weighted by atomic mass is 10.2. The number of benzene rings is 2. The molecule has 100 valence electrons. The summed E-state index contributed by atoms with van der Waals surface area (Å²) in [7, 11) is 0. The molecule has 0 heterocycles. The van der Waals surface area contributed by atoms with Crippen molar-refractivity contribution in [3.8, 4) is 17.6 Å². The van der Waals surface area contributed by atoms with Crippen LogP contribution in [0, 0.1) is 11.3 Å². The van der Waals surface area contributed by atoms with Crippen LogP contribution in [0.4, 0.5) is 5.69 Å². The van der Waals surface area contributed by atoms with Gasteiger partial charge in [0.1, 0.15) is 17.6 Å². The van der Waals surface area contributed by atoms with Gasteiger partial charge in [-0.15, -0.1) is 0 Å². The number of amides is 1. The first-order chi connectivity index (χ1) is 9.69. The zero-order valence-electron chi connectivity index (χ0n) is 10.5. The Hall–Kier alpha value is -3.00. The summed E-state index contributed by atoms with van der Waals surface area (Å²) in [5, 5.41) is 20.8. The number of rotatable bonds is 4. The number of ether oxygens (including phenoxy) is 1. The lowest BCUT2D eigenvalue weighted by Gasteiger charge is -2.08. The molecule has 0 aromatic heterocycles. The Morgan fingerprint density at radius 1 is 1.25 bits per heavy atom. The highest BCUT2D eigenvalue weighted by Gasteiger charge is 2.06. The van der Waals surface area contributed by atoms with Crippen LogP contribution in [-0.4, -0.2) is 17.6 Å². The molecule has 5 heteroatoms. The second-order valence-corrected chi connectivity index (χ2v) is 4.00. The average Bonchev–Trinajstić information content (AvgIpc) is 2.45. The molecule has 0 unspecified atom stereocenters. The zero-order valence-corrected chi connectivity index (χ0v) is 10.5. The van der Waals surface area contributed by atoms with Crippen LogP contribution in [0.25, 0.3) is 0 Å². The van der Waals surface area contributed by atoms with Gasteiger partial charge in [-0.3, -0.25) is 4.79 Å². The van der Waals surface area contributed by atoms with Crippen molar-refractivity contribution >= 4 is 11.6 Å². The second kappa shape index (κ2) is 6.25. The Kier molecular flexibility index (Phi) is 4.20. The minimum Gasteiger partial charge on any atom is -0.508 e. The van der Waals surface area contributed by atoms with Gasteiger partial charge in [0.05, 0.1) is 5.56 Å². The average molecular weight is 268 g/mol. The van der Waals surface area contributed by atoms with Crippen LogP contribution in [0.3, 0.4) is 0 Å². The molecular weight excluding hydrogens is 256 g/mol. The highest BCUT2D eigenvalue weighted by Crippen LogP contribution is 2.17. The van der Waals surface area contributed by atoms with Crippen LogP contribution in [0.1, 0.15) is 5.56 Å². The number of para-hydroxylation sites is 1. The molecule has 0 atom stereocenters. The molecule has 0 fully saturated rings. The van der Waals surface area contributed by atoms with Crippen molar-refractivity contribution in [1.82, 2.24) is 0 Å². The zero-order chi connectivity index (χ0) is 14.4. The number of phenolic OH excluding ortho intramolecular Hbond substituents is 1. The van der Waals surface area contributed by atoms with E-state index in [9.17, 15) is 9.90 Å². The Bertz CT molecular complexity index is 662. The maximum Gasteiger partial charge on any atom is 0.262 e. The highest BCUT2D eigenvalue weighted by molar-refractivity contribution is 5.92. The van der Waals surface area contributed by atoms with Crippen LogP contribution in [0.15, 0.2) is 48.5 Å². The summed E-state index contributed by atoms with van der Waals surface area (Å²) in [4.78, 5) is 11.7. The lowest BCUT2D eigenvalue weighted by Crippen LogP contribution is -2.20. The van der Waals surface area contributed by atoms with Crippen LogP contribution < -0.4 is 10.1 Å². The van der Waals surface area contributed by atoms with E-state index in [2.05, 4.69) is 5.32 Å². The summed E-state index contributed by atoms with van der Waals surface area (Å²) in [6.07, 6.45) is 0. The number of nitriles is 1. The van der Waals surface area contributed by atoms with Gasteiger partial charge in [0.15, 0.2) is 6.61 Å². The van der Waals surface area contributed by atoms with Crippen LogP contribution in [-0.2, 0) is 4.79 Å². The van der Waals surface area contributed by atoms with E-state index in [0.717, 1.165) is 0 Å². The van der Waals surface area contributed by atoms with Gasteiger partial charge in [-0.1, -0.05) is 18.2 Å². The van der Waals surface area contributed by atoms with Gasteiger partial charge in [-0.2, -0.15) is 5.26 Å².